The van der Waals surface area contributed by atoms with Crippen molar-refractivity contribution in [3.63, 3.8) is 0 Å². The molecule has 0 spiro atoms. The van der Waals surface area contributed by atoms with Gasteiger partial charge in [0.15, 0.2) is 39.8 Å². The smallest absolute Gasteiger partial charge is 0.410 e. The standard InChI is InChI=1S/C27H30N4O5.C26H26N4O5.C22H22N4O3.C4H6O3.ClH/c1-27(2,3)35-26(34)31-14-12-30(13-15-31)25(33)19-8-4-17(5-9-19)20-10-11-21-22(16-20)36-29-23(21)28-24(32)18-6-7-18;31-23(17-3-4-17)27-22-20-8-7-19(15-21(20)35-28-22)16-1-5-18(6-2-16)24(32)29-11-13-30(14-12-29)25(33)26(34)9-10-26;27-21(15-3-4-15)24-20-18-8-7-17(13-19(18)29-25-20)14-1-5-16(6-2-14)22(28)26-11-9-23-10-12-26;5-3(6)4(7)1-2-4;/h4-5,8-11,16,18H,6-7,12-15H2,1-3H3,(H,28,29,32);1-2,5-8,15,17,34H,3-4,9-14H2,(H,27,28,31);1-2,5-8,13,15,23H,3-4,9-12H2,(H,24,25,27);7H,1-2H2,(H,5,6);1H. The second-order valence-corrected chi connectivity index (χ2v) is 29.5. The zero-order valence-electron chi connectivity index (χ0n) is 60.0. The molecule has 5 aliphatic carbocycles. The van der Waals surface area contributed by atoms with Crippen LogP contribution in [0.3, 0.4) is 0 Å². The van der Waals surface area contributed by atoms with Gasteiger partial charge in [-0.1, -0.05) is 70.1 Å². The van der Waals surface area contributed by atoms with Crippen LogP contribution >= 0.6 is 12.4 Å². The fraction of sp³-hybridized carbons (Fsp3) is 0.392. The molecule has 3 saturated heterocycles. The molecule has 8 aliphatic rings. The van der Waals surface area contributed by atoms with Gasteiger partial charge in [-0.2, -0.15) is 0 Å². The number of carboxylic acids is 1. The summed E-state index contributed by atoms with van der Waals surface area (Å²) in [5.74, 6) is 0.259. The number of aliphatic hydroxyl groups is 2. The highest BCUT2D eigenvalue weighted by molar-refractivity contribution is 6.05. The molecular formula is C79H85ClN12O16. The molecule has 3 aliphatic heterocycles. The van der Waals surface area contributed by atoms with Gasteiger partial charge in [-0.15, -0.1) is 12.4 Å². The van der Waals surface area contributed by atoms with E-state index in [4.69, 9.17) is 28.5 Å². The predicted octanol–water partition coefficient (Wildman–Crippen LogP) is 10.1. The number of rotatable bonds is 14. The third-order valence-corrected chi connectivity index (χ3v) is 20.1. The molecule has 6 heterocycles. The number of carbonyl (C=O) groups excluding carboxylic acids is 8. The maximum Gasteiger partial charge on any atom is 0.410 e. The number of hydrogen-bond donors (Lipinski definition) is 7. The molecule has 0 bridgehead atoms. The second kappa shape index (κ2) is 31.4. The average molecular weight is 1490 g/mol. The Kier molecular flexibility index (Phi) is 21.9. The van der Waals surface area contributed by atoms with Crippen LogP contribution in [0, 0.1) is 17.8 Å². The van der Waals surface area contributed by atoms with Crippen LogP contribution in [0.25, 0.3) is 66.3 Å². The minimum atomic E-state index is -1.33. The zero-order chi connectivity index (χ0) is 74.9. The van der Waals surface area contributed by atoms with Gasteiger partial charge < -0.3 is 79.4 Å². The molecule has 5 saturated carbocycles. The number of ether oxygens (including phenoxy) is 1. The van der Waals surface area contributed by atoms with E-state index < -0.39 is 22.8 Å². The molecule has 0 atom stereocenters. The fourth-order valence-corrected chi connectivity index (χ4v) is 12.6. The molecule has 0 unspecified atom stereocenters. The van der Waals surface area contributed by atoms with Crippen molar-refractivity contribution in [2.45, 2.75) is 102 Å². The largest absolute Gasteiger partial charge is 0.479 e. The van der Waals surface area contributed by atoms with Crippen LogP contribution in [0.2, 0.25) is 0 Å². The molecule has 6 aromatic carbocycles. The minimum absolute atomic E-state index is 0. The van der Waals surface area contributed by atoms with Gasteiger partial charge in [0.2, 0.25) is 17.7 Å². The van der Waals surface area contributed by atoms with Gasteiger partial charge in [0.05, 0.1) is 16.2 Å². The Balaban J connectivity index is 0.000000136. The van der Waals surface area contributed by atoms with E-state index in [1.54, 1.807) is 31.7 Å². The number of aromatic nitrogens is 3. The molecule has 8 fully saturated rings. The Morgan fingerprint density at radius 1 is 0.426 bits per heavy atom. The number of piperazine rings is 3. The molecule has 17 rings (SSSR count). The summed E-state index contributed by atoms with van der Waals surface area (Å²) in [7, 11) is 0. The average Bonchev–Trinajstić information content (AvgIpc) is 1.52. The van der Waals surface area contributed by atoms with E-state index in [9.17, 15) is 48.3 Å². The van der Waals surface area contributed by atoms with Crippen LogP contribution in [0.5, 0.6) is 0 Å². The molecule has 28 nitrogen and oxygen atoms in total. The minimum Gasteiger partial charge on any atom is -0.479 e. The van der Waals surface area contributed by atoms with Crippen LogP contribution < -0.4 is 21.3 Å². The molecule has 108 heavy (non-hydrogen) atoms. The number of hydrogen-bond acceptors (Lipinski definition) is 19. The molecular weight excluding hydrogens is 1410 g/mol. The van der Waals surface area contributed by atoms with Crippen LogP contribution in [-0.2, 0) is 28.7 Å². The normalized spacial score (nSPS) is 17.6. The molecule has 29 heteroatoms. The third kappa shape index (κ3) is 17.8. The highest BCUT2D eigenvalue weighted by Crippen LogP contribution is 2.40. The van der Waals surface area contributed by atoms with Crippen molar-refractivity contribution in [1.29, 1.82) is 0 Å². The Bertz CT molecular complexity index is 4870. The van der Waals surface area contributed by atoms with E-state index in [-0.39, 0.29) is 77.6 Å². The Labute approximate surface area is 626 Å². The lowest BCUT2D eigenvalue weighted by molar-refractivity contribution is -0.149. The quantitative estimate of drug-likeness (QED) is 0.0532. The van der Waals surface area contributed by atoms with Crippen LogP contribution in [0.15, 0.2) is 141 Å². The number of aliphatic carboxylic acids is 1. The van der Waals surface area contributed by atoms with Gasteiger partial charge in [0, 0.05) is 113 Å². The van der Waals surface area contributed by atoms with Crippen molar-refractivity contribution in [2.24, 2.45) is 17.8 Å². The van der Waals surface area contributed by atoms with Crippen molar-refractivity contribution < 1.29 is 76.8 Å². The van der Waals surface area contributed by atoms with E-state index in [0.29, 0.717) is 129 Å². The van der Waals surface area contributed by atoms with Crippen molar-refractivity contribution >= 4 is 116 Å². The first-order valence-electron chi connectivity index (χ1n) is 36.4. The Morgan fingerprint density at radius 2 is 0.722 bits per heavy atom. The van der Waals surface area contributed by atoms with Crippen LogP contribution in [0.4, 0.5) is 22.2 Å². The maximum absolute atomic E-state index is 13.0. The molecule has 3 aromatic heterocycles. The Morgan fingerprint density at radius 3 is 1.01 bits per heavy atom. The molecule has 0 radical (unpaired) electrons. The van der Waals surface area contributed by atoms with E-state index in [2.05, 4.69) is 36.7 Å². The molecule has 8 amide bonds. The van der Waals surface area contributed by atoms with Crippen molar-refractivity contribution in [1.82, 2.24) is 45.3 Å². The van der Waals surface area contributed by atoms with E-state index in [1.165, 1.54) is 0 Å². The number of anilines is 3. The highest BCUT2D eigenvalue weighted by atomic mass is 35.5. The summed E-state index contributed by atoms with van der Waals surface area (Å²) >= 11 is 0. The topological polar surface area (TPSA) is 366 Å². The number of benzene rings is 6. The van der Waals surface area contributed by atoms with Crippen LogP contribution in [0.1, 0.15) is 116 Å². The van der Waals surface area contributed by atoms with Gasteiger partial charge in [0.1, 0.15) is 11.2 Å². The van der Waals surface area contributed by atoms with E-state index in [0.717, 1.165) is 114 Å². The number of carboxylic acid groups (broad SMARTS) is 1. The van der Waals surface area contributed by atoms with Crippen molar-refractivity contribution in [2.75, 3.05) is 94.5 Å². The SMILES string of the molecule is CC(C)(C)OC(=O)N1CCN(C(=O)c2ccc(-c3ccc4c(NC(=O)C5CC5)noc4c3)cc2)CC1.Cl.O=C(Nc1noc2cc(-c3ccc(C(=O)N4CCN(C(=O)C5(O)CC5)CC4)cc3)ccc12)C1CC1.O=C(Nc1noc2cc(-c3ccc(C(=O)N4CCNCC4)cc3)ccc12)C1CC1.O=C(O)C1(O)CC1. The summed E-state index contributed by atoms with van der Waals surface area (Å²) < 4.78 is 21.7. The maximum atomic E-state index is 13.0. The lowest BCUT2D eigenvalue weighted by Gasteiger charge is -2.35. The van der Waals surface area contributed by atoms with Gasteiger partial charge in [-0.3, -0.25) is 33.6 Å². The highest BCUT2D eigenvalue weighted by Gasteiger charge is 2.51. The van der Waals surface area contributed by atoms with Crippen molar-refractivity contribution in [3.8, 4) is 33.4 Å². The van der Waals surface area contributed by atoms with E-state index >= 15 is 0 Å². The number of nitrogens with zero attached hydrogens (tertiary/aromatic N) is 8. The summed E-state index contributed by atoms with van der Waals surface area (Å²) in [4.78, 5) is 118. The first kappa shape index (κ1) is 75.2. The monoisotopic (exact) mass is 1490 g/mol. The first-order valence-corrected chi connectivity index (χ1v) is 36.4. The summed E-state index contributed by atoms with van der Waals surface area (Å²) in [6.45, 7) is 12.2. The Hall–Kier alpha value is -11.1. The summed E-state index contributed by atoms with van der Waals surface area (Å²) in [5.41, 5.74) is 6.27. The summed E-state index contributed by atoms with van der Waals surface area (Å²) in [6.07, 6.45) is 7.12. The second-order valence-electron chi connectivity index (χ2n) is 29.5. The lowest BCUT2D eigenvalue weighted by Crippen LogP contribution is -2.53. The number of halogens is 1. The van der Waals surface area contributed by atoms with Gasteiger partial charge in [-0.05, 0) is 191 Å². The van der Waals surface area contributed by atoms with Gasteiger partial charge >= 0.3 is 12.1 Å². The lowest BCUT2D eigenvalue weighted by atomic mass is 10.0. The first-order chi connectivity index (χ1) is 51.4. The third-order valence-electron chi connectivity index (χ3n) is 20.1. The molecule has 9 aromatic rings. The number of nitrogens with one attached hydrogen (secondary N) is 4. The number of amides is 8. The summed E-state index contributed by atoms with van der Waals surface area (Å²) in [6, 6.07) is 39.6. The summed E-state index contributed by atoms with van der Waals surface area (Å²) in [5, 5.41) is 52.8. The molecule has 7 N–H and O–H groups in total. The van der Waals surface area contributed by atoms with Crippen LogP contribution in [-0.4, -0.2) is 204 Å². The fourth-order valence-electron chi connectivity index (χ4n) is 12.6. The van der Waals surface area contributed by atoms with Gasteiger partial charge in [-0.25, -0.2) is 9.59 Å². The van der Waals surface area contributed by atoms with E-state index in [1.807, 2.05) is 141 Å². The number of carbonyl (C=O) groups is 9. The van der Waals surface area contributed by atoms with Crippen molar-refractivity contribution in [3.05, 3.63) is 144 Å². The number of fused-ring (bicyclic) bond motifs is 3. The molecule has 564 valence electrons. The van der Waals surface area contributed by atoms with Gasteiger partial charge in [0.25, 0.3) is 23.6 Å². The zero-order valence-corrected chi connectivity index (χ0v) is 60.9. The predicted molar refractivity (Wildman–Crippen MR) is 401 cm³/mol.